The number of nitrogens with zero attached hydrogens (tertiary/aromatic N) is 2. The van der Waals surface area contributed by atoms with E-state index in [9.17, 15) is 9.90 Å². The van der Waals surface area contributed by atoms with Gasteiger partial charge in [0.1, 0.15) is 10.7 Å². The molecule has 0 aliphatic rings. The zero-order valence-electron chi connectivity index (χ0n) is 11.2. The fourth-order valence-corrected chi connectivity index (χ4v) is 2.59. The summed E-state index contributed by atoms with van der Waals surface area (Å²) in [6.45, 7) is 1.64. The zero-order valence-corrected chi connectivity index (χ0v) is 13.6. The van der Waals surface area contributed by atoms with Gasteiger partial charge in [0, 0.05) is 17.0 Å². The average molecular weight is 371 g/mol. The first kappa shape index (κ1) is 15.6. The van der Waals surface area contributed by atoms with Gasteiger partial charge in [0.2, 0.25) is 5.89 Å². The van der Waals surface area contributed by atoms with Crippen LogP contribution >= 0.6 is 27.7 Å². The molecule has 1 aromatic carbocycles. The predicted octanol–water partition coefficient (Wildman–Crippen LogP) is 3.37. The largest absolute Gasteiger partial charge is 0.496 e. The van der Waals surface area contributed by atoms with Gasteiger partial charge in [-0.05, 0) is 36.0 Å². The van der Waals surface area contributed by atoms with E-state index in [1.54, 1.807) is 19.1 Å². The molecule has 0 aliphatic heterocycles. The number of aryl methyl sites for hydroxylation is 1. The lowest BCUT2D eigenvalue weighted by atomic mass is 10.2. The van der Waals surface area contributed by atoms with E-state index in [2.05, 4.69) is 26.1 Å². The number of carbonyl (C=O) groups is 1. The lowest BCUT2D eigenvalue weighted by molar-refractivity contribution is -0.131. The molecule has 1 heterocycles. The minimum atomic E-state index is -1.09. The molecule has 2 rings (SSSR count). The third kappa shape index (κ3) is 4.08. The van der Waals surface area contributed by atoms with E-state index >= 15 is 0 Å². The number of carboxylic acids is 1. The van der Waals surface area contributed by atoms with Crippen molar-refractivity contribution >= 4 is 39.7 Å². The number of methoxy groups -OCH3 is 1. The number of ether oxygens (including phenoxy) is 1. The highest BCUT2D eigenvalue weighted by Crippen LogP contribution is 2.31. The van der Waals surface area contributed by atoms with Crippen LogP contribution in [0.2, 0.25) is 0 Å². The van der Waals surface area contributed by atoms with Gasteiger partial charge in [-0.3, -0.25) is 0 Å². The summed E-state index contributed by atoms with van der Waals surface area (Å²) in [5, 5.41) is 16.9. The van der Waals surface area contributed by atoms with E-state index in [4.69, 9.17) is 9.15 Å². The second-order valence-corrected chi connectivity index (χ2v) is 5.80. The summed E-state index contributed by atoms with van der Waals surface area (Å²) in [4.78, 5) is 11.4. The molecule has 0 amide bonds. The first-order valence-electron chi connectivity index (χ1n) is 5.76. The molecule has 21 heavy (non-hydrogen) atoms. The molecule has 6 nitrogen and oxygen atoms in total. The van der Waals surface area contributed by atoms with Gasteiger partial charge >= 0.3 is 5.97 Å². The molecule has 0 aliphatic carbocycles. The second-order valence-electron chi connectivity index (χ2n) is 3.89. The smallest absolute Gasteiger partial charge is 0.342 e. The van der Waals surface area contributed by atoms with Crippen molar-refractivity contribution < 1.29 is 19.1 Å². The first-order valence-corrected chi connectivity index (χ1v) is 7.37. The number of hydrogen-bond donors (Lipinski definition) is 1. The molecular weight excluding hydrogens is 360 g/mol. The van der Waals surface area contributed by atoms with E-state index < -0.39 is 5.97 Å². The highest BCUT2D eigenvalue weighted by atomic mass is 79.9. The van der Waals surface area contributed by atoms with Crippen molar-refractivity contribution in [1.29, 1.82) is 0 Å². The van der Waals surface area contributed by atoms with Crippen molar-refractivity contribution in [3.63, 3.8) is 0 Å². The maximum Gasteiger partial charge on any atom is 0.342 e. The lowest BCUT2D eigenvalue weighted by Crippen LogP contribution is -1.97. The van der Waals surface area contributed by atoms with Crippen LogP contribution < -0.4 is 4.74 Å². The number of benzene rings is 1. The van der Waals surface area contributed by atoms with Crippen LogP contribution in [0.3, 0.4) is 0 Å². The molecule has 0 saturated carbocycles. The predicted molar refractivity (Wildman–Crippen MR) is 81.2 cm³/mol. The summed E-state index contributed by atoms with van der Waals surface area (Å²) in [5.41, 5.74) is 0.632. The van der Waals surface area contributed by atoms with Gasteiger partial charge in [-0.25, -0.2) is 4.79 Å². The Kier molecular flexibility index (Phi) is 5.03. The summed E-state index contributed by atoms with van der Waals surface area (Å²) in [6.07, 6.45) is 1.50. The molecule has 0 saturated heterocycles. The quantitative estimate of drug-likeness (QED) is 0.637. The van der Waals surface area contributed by atoms with Crippen molar-refractivity contribution in [3.05, 3.63) is 39.0 Å². The molecule has 0 unspecified atom stereocenters. The van der Waals surface area contributed by atoms with Crippen molar-refractivity contribution in [2.45, 2.75) is 12.1 Å². The van der Waals surface area contributed by atoms with E-state index in [1.165, 1.54) is 13.2 Å². The van der Waals surface area contributed by atoms with Crippen molar-refractivity contribution in [3.8, 4) is 5.75 Å². The molecule has 0 fully saturated rings. The number of carboxylic acid groups (broad SMARTS) is 1. The van der Waals surface area contributed by atoms with Crippen LogP contribution in [0.5, 0.6) is 5.75 Å². The van der Waals surface area contributed by atoms with Crippen molar-refractivity contribution in [1.82, 2.24) is 10.2 Å². The molecule has 0 radical (unpaired) electrons. The van der Waals surface area contributed by atoms with Gasteiger partial charge in [0.15, 0.2) is 0 Å². The molecule has 0 spiro atoms. The maximum atomic E-state index is 11.4. The molecule has 110 valence electrons. The van der Waals surface area contributed by atoms with Gasteiger partial charge in [0.25, 0.3) is 5.22 Å². The first-order chi connectivity index (χ1) is 9.99. The number of rotatable bonds is 5. The Labute approximate surface area is 133 Å². The van der Waals surface area contributed by atoms with Gasteiger partial charge in [-0.2, -0.15) is 0 Å². The summed E-state index contributed by atoms with van der Waals surface area (Å²) < 4.78 is 11.2. The zero-order chi connectivity index (χ0) is 15.4. The number of thioether (sulfide) groups is 1. The molecule has 1 aromatic heterocycles. The molecule has 0 atom stereocenters. The summed E-state index contributed by atoms with van der Waals surface area (Å²) in [7, 11) is 1.52. The maximum absolute atomic E-state index is 11.4. The summed E-state index contributed by atoms with van der Waals surface area (Å²) in [5.74, 6) is -0.139. The normalized spacial score (nSPS) is 11.5. The van der Waals surface area contributed by atoms with Crippen molar-refractivity contribution in [2.24, 2.45) is 0 Å². The third-order valence-corrected chi connectivity index (χ3v) is 3.74. The van der Waals surface area contributed by atoms with E-state index in [-0.39, 0.29) is 10.1 Å². The van der Waals surface area contributed by atoms with Crippen LogP contribution in [0.25, 0.3) is 6.08 Å². The molecule has 2 aromatic rings. The highest BCUT2D eigenvalue weighted by Gasteiger charge is 2.15. The standard InChI is InChI=1S/C13H11BrN2O4S/c1-7-15-16-13(20-7)21-11(12(17)18)6-8-5-9(14)3-4-10(8)19-2/h3-6H,1-2H3,(H,17,18)/b11-6-. The molecule has 0 bridgehead atoms. The number of hydrogen-bond acceptors (Lipinski definition) is 6. The van der Waals surface area contributed by atoms with Crippen LogP contribution in [0, 0.1) is 6.92 Å². The van der Waals surface area contributed by atoms with Gasteiger partial charge in [-0.1, -0.05) is 15.9 Å². The fourth-order valence-electron chi connectivity index (χ4n) is 1.51. The Morgan fingerprint density at radius 1 is 1.48 bits per heavy atom. The Balaban J connectivity index is 2.37. The van der Waals surface area contributed by atoms with Gasteiger partial charge < -0.3 is 14.3 Å². The van der Waals surface area contributed by atoms with Crippen LogP contribution in [-0.4, -0.2) is 28.4 Å². The summed E-state index contributed by atoms with van der Waals surface area (Å²) in [6, 6.07) is 5.32. The fraction of sp³-hybridized carbons (Fsp3) is 0.154. The Morgan fingerprint density at radius 2 is 2.24 bits per heavy atom. The van der Waals surface area contributed by atoms with Gasteiger partial charge in [-0.15, -0.1) is 10.2 Å². The number of aromatic nitrogens is 2. The molecular formula is C13H11BrN2O4S. The monoisotopic (exact) mass is 370 g/mol. The molecule has 8 heteroatoms. The van der Waals surface area contributed by atoms with Crippen LogP contribution in [0.15, 0.2) is 37.2 Å². The Hall–Kier alpha value is -1.80. The molecule has 1 N–H and O–H groups in total. The van der Waals surface area contributed by atoms with Crippen LogP contribution in [0.1, 0.15) is 11.5 Å². The van der Waals surface area contributed by atoms with Crippen LogP contribution in [0.4, 0.5) is 0 Å². The Bertz CT molecular complexity index is 699. The number of aliphatic carboxylic acids is 1. The SMILES string of the molecule is COc1ccc(Br)cc1/C=C(\Sc1nnc(C)o1)C(=O)O. The van der Waals surface area contributed by atoms with E-state index in [1.807, 2.05) is 6.07 Å². The summed E-state index contributed by atoms with van der Waals surface area (Å²) >= 11 is 4.23. The average Bonchev–Trinajstić information content (AvgIpc) is 2.83. The lowest BCUT2D eigenvalue weighted by Gasteiger charge is -2.06. The minimum absolute atomic E-state index is 0.0510. The highest BCUT2D eigenvalue weighted by molar-refractivity contribution is 9.10. The van der Waals surface area contributed by atoms with Crippen molar-refractivity contribution in [2.75, 3.05) is 7.11 Å². The minimum Gasteiger partial charge on any atom is -0.496 e. The van der Waals surface area contributed by atoms with E-state index in [0.717, 1.165) is 16.2 Å². The van der Waals surface area contributed by atoms with Gasteiger partial charge in [0.05, 0.1) is 7.11 Å². The number of halogens is 1. The third-order valence-electron chi connectivity index (χ3n) is 2.39. The topological polar surface area (TPSA) is 85.5 Å². The second kappa shape index (κ2) is 6.77. The van der Waals surface area contributed by atoms with Crippen LogP contribution in [-0.2, 0) is 4.79 Å². The van der Waals surface area contributed by atoms with E-state index in [0.29, 0.717) is 17.2 Å². The Morgan fingerprint density at radius 3 is 2.81 bits per heavy atom.